The van der Waals surface area contributed by atoms with Crippen molar-refractivity contribution in [3.05, 3.63) is 17.7 Å². The predicted octanol–water partition coefficient (Wildman–Crippen LogP) is 1.08. The third-order valence-corrected chi connectivity index (χ3v) is 5.71. The van der Waals surface area contributed by atoms with Gasteiger partial charge in [-0.3, -0.25) is 4.79 Å². The number of nitrogens with one attached hydrogen (secondary N) is 1. The number of hydrogen-bond donors (Lipinski definition) is 1. The van der Waals surface area contributed by atoms with Gasteiger partial charge in [-0.1, -0.05) is 13.8 Å². The van der Waals surface area contributed by atoms with Crippen LogP contribution in [0.25, 0.3) is 0 Å². The second kappa shape index (κ2) is 6.81. The van der Waals surface area contributed by atoms with Gasteiger partial charge in [0.15, 0.2) is 9.84 Å². The first kappa shape index (κ1) is 17.0. The summed E-state index contributed by atoms with van der Waals surface area (Å²) in [4.78, 5) is 16.4. The Balaban J connectivity index is 1.81. The van der Waals surface area contributed by atoms with E-state index in [1.165, 1.54) is 0 Å². The van der Waals surface area contributed by atoms with E-state index in [0.29, 0.717) is 6.54 Å². The maximum atomic E-state index is 12.0. The van der Waals surface area contributed by atoms with E-state index in [4.69, 9.17) is 0 Å². The highest BCUT2D eigenvalue weighted by Crippen LogP contribution is 2.15. The molecule has 22 heavy (non-hydrogen) atoms. The van der Waals surface area contributed by atoms with Crippen LogP contribution in [0.4, 0.5) is 0 Å². The summed E-state index contributed by atoms with van der Waals surface area (Å²) in [5.74, 6) is 1.04. The van der Waals surface area contributed by atoms with Gasteiger partial charge in [0, 0.05) is 31.6 Å². The number of aromatic nitrogens is 2. The number of fused-ring (bicyclic) bond motifs is 1. The van der Waals surface area contributed by atoms with Crippen LogP contribution in [0.15, 0.2) is 6.20 Å². The number of hydrogen-bond acceptors (Lipinski definition) is 4. The highest BCUT2D eigenvalue weighted by Gasteiger charge is 2.22. The third-order valence-electron chi connectivity index (χ3n) is 3.71. The predicted molar refractivity (Wildman–Crippen MR) is 85.3 cm³/mol. The Morgan fingerprint density at radius 3 is 2.91 bits per heavy atom. The molecule has 0 saturated carbocycles. The van der Waals surface area contributed by atoms with Crippen LogP contribution in [-0.2, 0) is 27.6 Å². The van der Waals surface area contributed by atoms with E-state index < -0.39 is 9.84 Å². The van der Waals surface area contributed by atoms with Crippen LogP contribution in [0.1, 0.15) is 38.2 Å². The minimum atomic E-state index is -3.14. The topological polar surface area (TPSA) is 81.1 Å². The van der Waals surface area contributed by atoms with Gasteiger partial charge >= 0.3 is 0 Å². The Labute approximate surface area is 132 Å². The first-order chi connectivity index (χ1) is 10.2. The lowest BCUT2D eigenvalue weighted by molar-refractivity contribution is -0.121. The molecule has 7 heteroatoms. The lowest BCUT2D eigenvalue weighted by Crippen LogP contribution is -2.41. The zero-order valence-electron chi connectivity index (χ0n) is 13.5. The maximum absolute atomic E-state index is 12.0. The molecule has 1 aromatic heterocycles. The molecule has 6 nitrogen and oxygen atoms in total. The van der Waals surface area contributed by atoms with Crippen LogP contribution in [0, 0.1) is 12.8 Å². The fraction of sp³-hybridized carbons (Fsp3) is 0.733. The van der Waals surface area contributed by atoms with Crippen LogP contribution in [0.3, 0.4) is 0 Å². The van der Waals surface area contributed by atoms with Crippen molar-refractivity contribution in [3.63, 3.8) is 0 Å². The van der Waals surface area contributed by atoms with E-state index in [1.54, 1.807) is 0 Å². The van der Waals surface area contributed by atoms with Crippen LogP contribution >= 0.6 is 0 Å². The van der Waals surface area contributed by atoms with E-state index in [2.05, 4.69) is 14.9 Å². The van der Waals surface area contributed by atoms with E-state index in [9.17, 15) is 13.2 Å². The summed E-state index contributed by atoms with van der Waals surface area (Å²) in [6, 6.07) is 0.0569. The SMILES string of the molecule is Cc1cn2c(n1)CCC(NC(=O)CCS(=O)(=O)CC(C)C)C2. The average molecular weight is 327 g/mol. The van der Waals surface area contributed by atoms with Crippen molar-refractivity contribution >= 4 is 15.7 Å². The molecule has 1 N–H and O–H groups in total. The summed E-state index contributed by atoms with van der Waals surface area (Å²) in [5, 5.41) is 2.94. The first-order valence-corrected chi connectivity index (χ1v) is 9.60. The zero-order chi connectivity index (χ0) is 16.3. The van der Waals surface area contributed by atoms with Gasteiger partial charge in [-0.15, -0.1) is 0 Å². The van der Waals surface area contributed by atoms with Crippen molar-refractivity contribution in [2.75, 3.05) is 11.5 Å². The van der Waals surface area contributed by atoms with Crippen molar-refractivity contribution in [2.24, 2.45) is 5.92 Å². The largest absolute Gasteiger partial charge is 0.352 e. The van der Waals surface area contributed by atoms with Gasteiger partial charge in [0.2, 0.25) is 5.91 Å². The second-order valence-electron chi connectivity index (χ2n) is 6.51. The van der Waals surface area contributed by atoms with Crippen LogP contribution < -0.4 is 5.32 Å². The Morgan fingerprint density at radius 2 is 2.23 bits per heavy atom. The highest BCUT2D eigenvalue weighted by molar-refractivity contribution is 7.91. The lowest BCUT2D eigenvalue weighted by Gasteiger charge is -2.24. The molecule has 2 heterocycles. The van der Waals surface area contributed by atoms with Crippen molar-refractivity contribution in [2.45, 2.75) is 52.6 Å². The molecule has 1 unspecified atom stereocenters. The van der Waals surface area contributed by atoms with Gasteiger partial charge in [0.25, 0.3) is 0 Å². The number of amides is 1. The number of imidazole rings is 1. The Kier molecular flexibility index (Phi) is 5.26. The van der Waals surface area contributed by atoms with Gasteiger partial charge in [-0.05, 0) is 19.3 Å². The summed E-state index contributed by atoms with van der Waals surface area (Å²) in [7, 11) is -3.14. The smallest absolute Gasteiger partial charge is 0.221 e. The second-order valence-corrected chi connectivity index (χ2v) is 8.74. The van der Waals surface area contributed by atoms with Crippen molar-refractivity contribution in [1.29, 1.82) is 0 Å². The molecule has 0 fully saturated rings. The van der Waals surface area contributed by atoms with Crippen LogP contribution in [0.5, 0.6) is 0 Å². The quantitative estimate of drug-likeness (QED) is 0.848. The molecule has 0 saturated heterocycles. The normalized spacial score (nSPS) is 18.3. The minimum Gasteiger partial charge on any atom is -0.352 e. The molecule has 0 radical (unpaired) electrons. The van der Waals surface area contributed by atoms with Crippen molar-refractivity contribution in [1.82, 2.24) is 14.9 Å². The number of nitrogens with zero attached hydrogens (tertiary/aromatic N) is 2. The Hall–Kier alpha value is -1.37. The van der Waals surface area contributed by atoms with E-state index in [-0.39, 0.29) is 35.8 Å². The molecule has 0 aromatic carbocycles. The maximum Gasteiger partial charge on any atom is 0.221 e. The number of rotatable bonds is 6. The third kappa shape index (κ3) is 4.83. The number of carbonyl (C=O) groups excluding carboxylic acids is 1. The van der Waals surface area contributed by atoms with Gasteiger partial charge in [0.1, 0.15) is 5.82 Å². The van der Waals surface area contributed by atoms with Gasteiger partial charge < -0.3 is 9.88 Å². The zero-order valence-corrected chi connectivity index (χ0v) is 14.3. The fourth-order valence-electron chi connectivity index (χ4n) is 2.84. The first-order valence-electron chi connectivity index (χ1n) is 7.77. The molecular formula is C15H25N3O3S. The Morgan fingerprint density at radius 1 is 1.50 bits per heavy atom. The van der Waals surface area contributed by atoms with E-state index >= 15 is 0 Å². The molecule has 1 amide bonds. The fourth-order valence-corrected chi connectivity index (χ4v) is 4.52. The molecule has 2 rings (SSSR count). The summed E-state index contributed by atoms with van der Waals surface area (Å²) in [6.45, 7) is 6.40. The monoisotopic (exact) mass is 327 g/mol. The summed E-state index contributed by atoms with van der Waals surface area (Å²) >= 11 is 0. The number of aryl methyl sites for hydroxylation is 2. The molecule has 0 aliphatic carbocycles. The standard InChI is InChI=1S/C15H25N3O3S/c1-11(2)10-22(20,21)7-6-15(19)17-13-4-5-14-16-12(3)8-18(14)9-13/h8,11,13H,4-7,9-10H2,1-3H3,(H,17,19). The van der Waals surface area contributed by atoms with E-state index in [0.717, 1.165) is 24.4 Å². The molecule has 1 aliphatic heterocycles. The van der Waals surface area contributed by atoms with Crippen LogP contribution in [-0.4, -0.2) is 41.4 Å². The van der Waals surface area contributed by atoms with Gasteiger partial charge in [-0.25, -0.2) is 13.4 Å². The molecule has 1 aliphatic rings. The molecule has 124 valence electrons. The number of sulfone groups is 1. The summed E-state index contributed by atoms with van der Waals surface area (Å²) < 4.78 is 25.7. The van der Waals surface area contributed by atoms with Gasteiger partial charge in [-0.2, -0.15) is 0 Å². The summed E-state index contributed by atoms with van der Waals surface area (Å²) in [5.41, 5.74) is 0.988. The molecular weight excluding hydrogens is 302 g/mol. The molecule has 0 spiro atoms. The lowest BCUT2D eigenvalue weighted by atomic mass is 10.1. The highest BCUT2D eigenvalue weighted by atomic mass is 32.2. The molecule has 1 atom stereocenters. The molecule has 0 bridgehead atoms. The van der Waals surface area contributed by atoms with Crippen LogP contribution in [0.2, 0.25) is 0 Å². The van der Waals surface area contributed by atoms with Crippen molar-refractivity contribution < 1.29 is 13.2 Å². The number of carbonyl (C=O) groups is 1. The summed E-state index contributed by atoms with van der Waals surface area (Å²) in [6.07, 6.45) is 3.72. The average Bonchev–Trinajstić information content (AvgIpc) is 2.74. The van der Waals surface area contributed by atoms with E-state index in [1.807, 2.05) is 27.0 Å². The minimum absolute atomic E-state index is 0.0430. The molecule has 1 aromatic rings. The van der Waals surface area contributed by atoms with Gasteiger partial charge in [0.05, 0.1) is 17.2 Å². The van der Waals surface area contributed by atoms with Crippen molar-refractivity contribution in [3.8, 4) is 0 Å². The Bertz CT molecular complexity index is 634.